The molecule has 0 N–H and O–H groups in total. The van der Waals surface area contributed by atoms with E-state index in [0.29, 0.717) is 19.1 Å². The van der Waals surface area contributed by atoms with E-state index in [1.807, 2.05) is 73.0 Å². The molecule has 0 unspecified atom stereocenters. The first-order chi connectivity index (χ1) is 14.6. The van der Waals surface area contributed by atoms with Crippen LogP contribution in [-0.2, 0) is 13.1 Å². The summed E-state index contributed by atoms with van der Waals surface area (Å²) >= 11 is 0. The number of hydrogen-bond donors (Lipinski definition) is 0. The van der Waals surface area contributed by atoms with E-state index < -0.39 is 0 Å². The molecule has 0 atom stereocenters. The minimum absolute atomic E-state index is 0.0828. The number of hydrogen-bond acceptors (Lipinski definition) is 5. The summed E-state index contributed by atoms with van der Waals surface area (Å²) in [7, 11) is 0. The largest absolute Gasteiger partial charge is 0.457 e. The molecule has 2 heterocycles. The summed E-state index contributed by atoms with van der Waals surface area (Å²) in [6, 6.07) is 18.3. The highest BCUT2D eigenvalue weighted by Crippen LogP contribution is 2.35. The maximum Gasteiger partial charge on any atom is 0.259 e. The van der Waals surface area contributed by atoms with Gasteiger partial charge >= 0.3 is 0 Å². The summed E-state index contributed by atoms with van der Waals surface area (Å²) in [5.74, 6) is 2.32. The van der Waals surface area contributed by atoms with Gasteiger partial charge < -0.3 is 4.74 Å². The molecule has 3 aromatic rings. The molecule has 2 aliphatic rings. The Morgan fingerprint density at radius 3 is 2.37 bits per heavy atom. The second kappa shape index (κ2) is 7.61. The van der Waals surface area contributed by atoms with Crippen LogP contribution >= 0.6 is 0 Å². The van der Waals surface area contributed by atoms with Crippen molar-refractivity contribution in [3.63, 3.8) is 0 Å². The number of anilines is 2. The van der Waals surface area contributed by atoms with E-state index in [-0.39, 0.29) is 5.56 Å². The van der Waals surface area contributed by atoms with Gasteiger partial charge in [-0.25, -0.2) is 4.98 Å². The lowest BCUT2D eigenvalue weighted by atomic mass is 10.2. The second-order valence-corrected chi connectivity index (χ2v) is 8.00. The summed E-state index contributed by atoms with van der Waals surface area (Å²) in [4.78, 5) is 22.5. The number of aromatic nitrogens is 2. The molecule has 0 amide bonds. The van der Waals surface area contributed by atoms with Gasteiger partial charge in [-0.3, -0.25) is 19.2 Å². The van der Waals surface area contributed by atoms with Crippen LogP contribution in [0.1, 0.15) is 31.0 Å². The predicted molar refractivity (Wildman–Crippen MR) is 117 cm³/mol. The SMILES string of the molecule is CCc1c(C)nc2n(c1=O)CN(C1CC1)CN2c1ccc(Oc2ccccc2)cc1. The van der Waals surface area contributed by atoms with Gasteiger partial charge in [0.1, 0.15) is 11.5 Å². The highest BCUT2D eigenvalue weighted by atomic mass is 16.5. The molecule has 6 nitrogen and oxygen atoms in total. The molecule has 1 aromatic heterocycles. The van der Waals surface area contributed by atoms with Crippen LogP contribution in [0.3, 0.4) is 0 Å². The monoisotopic (exact) mass is 402 g/mol. The summed E-state index contributed by atoms with van der Waals surface area (Å²) in [5, 5.41) is 0. The zero-order valence-electron chi connectivity index (χ0n) is 17.4. The quantitative estimate of drug-likeness (QED) is 0.632. The van der Waals surface area contributed by atoms with Crippen molar-refractivity contribution in [2.75, 3.05) is 11.6 Å². The standard InChI is InChI=1S/C24H26N4O2/c1-3-22-17(2)25-24-27(15-26(18-9-10-18)16-28(24)23(22)29)19-11-13-21(14-12-19)30-20-7-5-4-6-8-20/h4-8,11-14,18H,3,9-10,15-16H2,1-2H3. The average molecular weight is 402 g/mol. The first-order valence-electron chi connectivity index (χ1n) is 10.6. The zero-order chi connectivity index (χ0) is 20.7. The van der Waals surface area contributed by atoms with Crippen molar-refractivity contribution in [2.24, 2.45) is 0 Å². The highest BCUT2D eigenvalue weighted by Gasteiger charge is 2.36. The average Bonchev–Trinajstić information content (AvgIpc) is 3.60. The second-order valence-electron chi connectivity index (χ2n) is 8.00. The fourth-order valence-corrected chi connectivity index (χ4v) is 4.08. The molecule has 6 heteroatoms. The highest BCUT2D eigenvalue weighted by molar-refractivity contribution is 5.59. The Balaban J connectivity index is 1.50. The van der Waals surface area contributed by atoms with Gasteiger partial charge in [0.15, 0.2) is 0 Å². The maximum atomic E-state index is 13.1. The van der Waals surface area contributed by atoms with Crippen LogP contribution in [0.25, 0.3) is 0 Å². The molecule has 0 spiro atoms. The Labute approximate surface area is 176 Å². The summed E-state index contributed by atoms with van der Waals surface area (Å²) < 4.78 is 7.76. The van der Waals surface area contributed by atoms with Gasteiger partial charge in [-0.15, -0.1) is 0 Å². The van der Waals surface area contributed by atoms with Gasteiger partial charge in [-0.2, -0.15) is 0 Å². The molecule has 1 aliphatic carbocycles. The van der Waals surface area contributed by atoms with E-state index >= 15 is 0 Å². The van der Waals surface area contributed by atoms with Crippen LogP contribution in [-0.4, -0.2) is 27.2 Å². The number of para-hydroxylation sites is 1. The van der Waals surface area contributed by atoms with E-state index in [4.69, 9.17) is 9.72 Å². The Hall–Kier alpha value is -3.12. The van der Waals surface area contributed by atoms with Gasteiger partial charge in [-0.05, 0) is 62.6 Å². The number of fused-ring (bicyclic) bond motifs is 1. The van der Waals surface area contributed by atoms with Crippen molar-refractivity contribution in [1.29, 1.82) is 0 Å². The van der Waals surface area contributed by atoms with E-state index in [1.165, 1.54) is 12.8 Å². The Bertz CT molecular complexity index is 1100. The van der Waals surface area contributed by atoms with Crippen LogP contribution in [0.5, 0.6) is 11.5 Å². The van der Waals surface area contributed by atoms with E-state index in [0.717, 1.165) is 41.1 Å². The van der Waals surface area contributed by atoms with Gasteiger partial charge in [0.05, 0.1) is 13.3 Å². The zero-order valence-corrected chi connectivity index (χ0v) is 17.4. The van der Waals surface area contributed by atoms with E-state index in [1.54, 1.807) is 0 Å². The first-order valence-corrected chi connectivity index (χ1v) is 10.6. The third kappa shape index (κ3) is 3.48. The molecule has 154 valence electrons. The van der Waals surface area contributed by atoms with Crippen molar-refractivity contribution < 1.29 is 4.74 Å². The maximum absolute atomic E-state index is 13.1. The molecular formula is C24H26N4O2. The van der Waals surface area contributed by atoms with Gasteiger partial charge in [0.25, 0.3) is 5.56 Å². The fraction of sp³-hybridized carbons (Fsp3) is 0.333. The summed E-state index contributed by atoms with van der Waals surface area (Å²) in [6.07, 6.45) is 3.09. The predicted octanol–water partition coefficient (Wildman–Crippen LogP) is 4.44. The molecule has 0 saturated heterocycles. The van der Waals surface area contributed by atoms with Crippen LogP contribution < -0.4 is 15.2 Å². The van der Waals surface area contributed by atoms with E-state index in [2.05, 4.69) is 9.80 Å². The number of nitrogens with zero attached hydrogens (tertiary/aromatic N) is 4. The molecule has 5 rings (SSSR count). The molecule has 2 aromatic carbocycles. The van der Waals surface area contributed by atoms with Crippen LogP contribution in [0.15, 0.2) is 59.4 Å². The number of benzene rings is 2. The topological polar surface area (TPSA) is 50.6 Å². The minimum atomic E-state index is 0.0828. The lowest BCUT2D eigenvalue weighted by Gasteiger charge is -2.38. The first kappa shape index (κ1) is 18.9. The van der Waals surface area contributed by atoms with Crippen LogP contribution in [0, 0.1) is 6.92 Å². The van der Waals surface area contributed by atoms with Crippen LogP contribution in [0.2, 0.25) is 0 Å². The molecule has 1 saturated carbocycles. The molecule has 1 aliphatic heterocycles. The third-order valence-electron chi connectivity index (χ3n) is 5.88. The molecule has 30 heavy (non-hydrogen) atoms. The Kier molecular flexibility index (Phi) is 4.79. The lowest BCUT2D eigenvalue weighted by Crippen LogP contribution is -2.48. The molecule has 1 fully saturated rings. The molecular weight excluding hydrogens is 376 g/mol. The Morgan fingerprint density at radius 1 is 1.00 bits per heavy atom. The molecule has 0 radical (unpaired) electrons. The van der Waals surface area contributed by atoms with Crippen molar-refractivity contribution in [1.82, 2.24) is 14.5 Å². The van der Waals surface area contributed by atoms with Crippen molar-refractivity contribution in [2.45, 2.75) is 45.8 Å². The number of ether oxygens (including phenoxy) is 1. The van der Waals surface area contributed by atoms with Crippen molar-refractivity contribution in [3.05, 3.63) is 76.2 Å². The summed E-state index contributed by atoms with van der Waals surface area (Å²) in [5.41, 5.74) is 2.72. The smallest absolute Gasteiger partial charge is 0.259 e. The van der Waals surface area contributed by atoms with Gasteiger partial charge in [-0.1, -0.05) is 25.1 Å². The van der Waals surface area contributed by atoms with Gasteiger partial charge in [0.2, 0.25) is 5.95 Å². The van der Waals surface area contributed by atoms with Gasteiger partial charge in [0, 0.05) is 23.0 Å². The minimum Gasteiger partial charge on any atom is -0.457 e. The van der Waals surface area contributed by atoms with Crippen LogP contribution in [0.4, 0.5) is 11.6 Å². The summed E-state index contributed by atoms with van der Waals surface area (Å²) in [6.45, 7) is 5.30. The molecule has 0 bridgehead atoms. The Morgan fingerprint density at radius 2 is 1.70 bits per heavy atom. The van der Waals surface area contributed by atoms with Crippen molar-refractivity contribution >= 4 is 11.6 Å². The third-order valence-corrected chi connectivity index (χ3v) is 5.88. The fourth-order valence-electron chi connectivity index (χ4n) is 4.08. The number of aryl methyl sites for hydroxylation is 1. The van der Waals surface area contributed by atoms with Crippen molar-refractivity contribution in [3.8, 4) is 11.5 Å². The number of rotatable bonds is 5. The normalized spacial score (nSPS) is 16.4. The van der Waals surface area contributed by atoms with E-state index in [9.17, 15) is 4.79 Å². The lowest BCUT2D eigenvalue weighted by molar-refractivity contribution is 0.188.